The van der Waals surface area contributed by atoms with E-state index < -0.39 is 0 Å². The van der Waals surface area contributed by atoms with Crippen molar-refractivity contribution in [3.05, 3.63) is 54.4 Å². The Bertz CT molecular complexity index is 457. The van der Waals surface area contributed by atoms with E-state index in [1.54, 1.807) is 12.3 Å². The van der Waals surface area contributed by atoms with E-state index in [-0.39, 0.29) is 0 Å². The fourth-order valence-corrected chi connectivity index (χ4v) is 1.51. The van der Waals surface area contributed by atoms with Crippen LogP contribution in [0.1, 0.15) is 5.56 Å². The Hall–Kier alpha value is -1.83. The number of benzene rings is 1. The normalized spacial score (nSPS) is 11.1. The number of nitrogens with zero attached hydrogens (tertiary/aromatic N) is 1. The van der Waals surface area contributed by atoms with Gasteiger partial charge in [-0.1, -0.05) is 18.2 Å². The Morgan fingerprint density at radius 1 is 1.21 bits per heavy atom. The summed E-state index contributed by atoms with van der Waals surface area (Å²) in [6.07, 6.45) is 5.33. The molecule has 0 unspecified atom stereocenters. The summed E-state index contributed by atoms with van der Waals surface area (Å²) in [5.41, 5.74) is 2.18. The molecule has 0 aliphatic rings. The SMILES string of the molecule is O/C=C/Cc1ccnc2ccccc12. The molecule has 0 radical (unpaired) electrons. The predicted octanol–water partition coefficient (Wildman–Crippen LogP) is 2.85. The van der Waals surface area contributed by atoms with Crippen LogP contribution in [0.15, 0.2) is 48.9 Å². The van der Waals surface area contributed by atoms with Gasteiger partial charge in [-0.2, -0.15) is 0 Å². The lowest BCUT2D eigenvalue weighted by molar-refractivity contribution is 0.471. The minimum absolute atomic E-state index is 0.736. The fourth-order valence-electron chi connectivity index (χ4n) is 1.51. The molecule has 2 heteroatoms. The van der Waals surface area contributed by atoms with Gasteiger partial charge >= 0.3 is 0 Å². The molecule has 1 aromatic carbocycles. The van der Waals surface area contributed by atoms with Crippen molar-refractivity contribution < 1.29 is 5.11 Å². The molecule has 1 aromatic heterocycles. The van der Waals surface area contributed by atoms with Gasteiger partial charge in [-0.3, -0.25) is 4.98 Å². The topological polar surface area (TPSA) is 33.1 Å². The molecule has 0 bridgehead atoms. The molecule has 0 saturated heterocycles. The standard InChI is InChI=1S/C12H11NO/c14-9-3-4-10-7-8-13-12-6-2-1-5-11(10)12/h1-3,5-9,14H,4H2/b9-3+. The fraction of sp³-hybridized carbons (Fsp3) is 0.0833. The van der Waals surface area contributed by atoms with E-state index in [1.165, 1.54) is 5.56 Å². The largest absolute Gasteiger partial charge is 0.516 e. The highest BCUT2D eigenvalue weighted by atomic mass is 16.2. The van der Waals surface area contributed by atoms with Crippen LogP contribution in [0, 0.1) is 0 Å². The van der Waals surface area contributed by atoms with Crippen molar-refractivity contribution in [3.63, 3.8) is 0 Å². The third kappa shape index (κ3) is 1.59. The number of hydrogen-bond donors (Lipinski definition) is 1. The van der Waals surface area contributed by atoms with Crippen molar-refractivity contribution in [2.75, 3.05) is 0 Å². The Morgan fingerprint density at radius 2 is 2.07 bits per heavy atom. The number of allylic oxidation sites excluding steroid dienone is 1. The lowest BCUT2D eigenvalue weighted by Crippen LogP contribution is -1.86. The van der Waals surface area contributed by atoms with Crippen LogP contribution in [0.25, 0.3) is 10.9 Å². The number of fused-ring (bicyclic) bond motifs is 1. The summed E-state index contributed by atoms with van der Waals surface area (Å²) in [6, 6.07) is 9.98. The number of aromatic nitrogens is 1. The van der Waals surface area contributed by atoms with Crippen LogP contribution in [0.5, 0.6) is 0 Å². The van der Waals surface area contributed by atoms with E-state index in [9.17, 15) is 0 Å². The quantitative estimate of drug-likeness (QED) is 0.730. The van der Waals surface area contributed by atoms with Crippen molar-refractivity contribution in [3.8, 4) is 0 Å². The predicted molar refractivity (Wildman–Crippen MR) is 57.2 cm³/mol. The van der Waals surface area contributed by atoms with Crippen LogP contribution >= 0.6 is 0 Å². The van der Waals surface area contributed by atoms with Gasteiger partial charge in [0.1, 0.15) is 0 Å². The maximum atomic E-state index is 8.60. The lowest BCUT2D eigenvalue weighted by Gasteiger charge is -2.01. The smallest absolute Gasteiger partial charge is 0.0755 e. The van der Waals surface area contributed by atoms with Gasteiger partial charge in [0.2, 0.25) is 0 Å². The molecule has 0 amide bonds. The van der Waals surface area contributed by atoms with E-state index in [1.807, 2.05) is 30.3 Å². The average molecular weight is 185 g/mol. The first-order valence-corrected chi connectivity index (χ1v) is 4.53. The van der Waals surface area contributed by atoms with Gasteiger partial charge in [-0.05, 0) is 30.2 Å². The van der Waals surface area contributed by atoms with E-state index in [2.05, 4.69) is 4.98 Å². The van der Waals surface area contributed by atoms with Crippen LogP contribution in [0.3, 0.4) is 0 Å². The number of aliphatic hydroxyl groups is 1. The number of para-hydroxylation sites is 1. The zero-order valence-corrected chi connectivity index (χ0v) is 7.72. The monoisotopic (exact) mass is 185 g/mol. The highest BCUT2D eigenvalue weighted by molar-refractivity contribution is 5.81. The summed E-state index contributed by atoms with van der Waals surface area (Å²) in [5, 5.41) is 9.75. The highest BCUT2D eigenvalue weighted by Gasteiger charge is 1.98. The van der Waals surface area contributed by atoms with Gasteiger partial charge in [0.15, 0.2) is 0 Å². The first kappa shape index (κ1) is 8.75. The molecule has 70 valence electrons. The molecule has 0 aliphatic heterocycles. The van der Waals surface area contributed by atoms with Gasteiger partial charge < -0.3 is 5.11 Å². The first-order valence-electron chi connectivity index (χ1n) is 4.53. The third-order valence-corrected chi connectivity index (χ3v) is 2.18. The molecule has 0 spiro atoms. The molecule has 14 heavy (non-hydrogen) atoms. The molecule has 1 N–H and O–H groups in total. The lowest BCUT2D eigenvalue weighted by atomic mass is 10.1. The highest BCUT2D eigenvalue weighted by Crippen LogP contribution is 2.16. The molecule has 0 atom stereocenters. The van der Waals surface area contributed by atoms with E-state index in [0.29, 0.717) is 0 Å². The summed E-state index contributed by atoms with van der Waals surface area (Å²) < 4.78 is 0. The Labute approximate surface area is 82.5 Å². The number of pyridine rings is 1. The number of hydrogen-bond acceptors (Lipinski definition) is 2. The minimum Gasteiger partial charge on any atom is -0.516 e. The van der Waals surface area contributed by atoms with E-state index >= 15 is 0 Å². The summed E-state index contributed by atoms with van der Waals surface area (Å²) in [5.74, 6) is 0. The second-order valence-corrected chi connectivity index (χ2v) is 3.08. The zero-order chi connectivity index (χ0) is 9.80. The van der Waals surface area contributed by atoms with Gasteiger partial charge in [0.05, 0.1) is 11.8 Å². The van der Waals surface area contributed by atoms with Crippen molar-refractivity contribution >= 4 is 10.9 Å². The van der Waals surface area contributed by atoms with Crippen molar-refractivity contribution in [2.45, 2.75) is 6.42 Å². The van der Waals surface area contributed by atoms with Gasteiger partial charge in [0.25, 0.3) is 0 Å². The molecule has 2 nitrogen and oxygen atoms in total. The first-order chi connectivity index (χ1) is 6.92. The van der Waals surface area contributed by atoms with E-state index in [0.717, 1.165) is 23.6 Å². The minimum atomic E-state index is 0.736. The van der Waals surface area contributed by atoms with Crippen LogP contribution < -0.4 is 0 Å². The van der Waals surface area contributed by atoms with Crippen molar-refractivity contribution in [1.29, 1.82) is 0 Å². The van der Waals surface area contributed by atoms with Crippen molar-refractivity contribution in [1.82, 2.24) is 4.98 Å². The molecule has 0 fully saturated rings. The Morgan fingerprint density at radius 3 is 2.93 bits per heavy atom. The van der Waals surface area contributed by atoms with Crippen LogP contribution in [0.2, 0.25) is 0 Å². The molecule has 0 aliphatic carbocycles. The van der Waals surface area contributed by atoms with Crippen LogP contribution in [-0.2, 0) is 6.42 Å². The molecular weight excluding hydrogens is 174 g/mol. The van der Waals surface area contributed by atoms with E-state index in [4.69, 9.17) is 5.11 Å². The molecule has 2 aromatic rings. The molecular formula is C12H11NO. The summed E-state index contributed by atoms with van der Waals surface area (Å²) in [6.45, 7) is 0. The zero-order valence-electron chi connectivity index (χ0n) is 7.72. The molecule has 2 rings (SSSR count). The second-order valence-electron chi connectivity index (χ2n) is 3.08. The summed E-state index contributed by atoms with van der Waals surface area (Å²) in [7, 11) is 0. The second kappa shape index (κ2) is 3.92. The maximum absolute atomic E-state index is 8.60. The Kier molecular flexibility index (Phi) is 2.45. The number of rotatable bonds is 2. The Balaban J connectivity index is 2.53. The van der Waals surface area contributed by atoms with Gasteiger partial charge in [-0.25, -0.2) is 0 Å². The van der Waals surface area contributed by atoms with Gasteiger partial charge in [0, 0.05) is 11.6 Å². The average Bonchev–Trinajstić information content (AvgIpc) is 2.26. The van der Waals surface area contributed by atoms with Crippen LogP contribution in [-0.4, -0.2) is 10.1 Å². The third-order valence-electron chi connectivity index (χ3n) is 2.18. The number of aliphatic hydroxyl groups excluding tert-OH is 1. The maximum Gasteiger partial charge on any atom is 0.0755 e. The molecule has 0 saturated carbocycles. The molecule has 1 heterocycles. The van der Waals surface area contributed by atoms with Gasteiger partial charge in [-0.15, -0.1) is 0 Å². The van der Waals surface area contributed by atoms with Crippen molar-refractivity contribution in [2.24, 2.45) is 0 Å². The van der Waals surface area contributed by atoms with Crippen LogP contribution in [0.4, 0.5) is 0 Å². The summed E-state index contributed by atoms with van der Waals surface area (Å²) >= 11 is 0. The summed E-state index contributed by atoms with van der Waals surface area (Å²) in [4.78, 5) is 4.26.